The van der Waals surface area contributed by atoms with Crippen LogP contribution in [0, 0.1) is 5.92 Å². The molecule has 0 radical (unpaired) electrons. The highest BCUT2D eigenvalue weighted by molar-refractivity contribution is 5.85. The van der Waals surface area contributed by atoms with Gasteiger partial charge in [0.25, 0.3) is 5.92 Å². The minimum atomic E-state index is -2.68. The largest absolute Gasteiger partial charge is 0.338 e. The number of nitrogens with zero attached hydrogens (tertiary/aromatic N) is 1. The van der Waals surface area contributed by atoms with E-state index in [1.807, 2.05) is 0 Å². The van der Waals surface area contributed by atoms with E-state index >= 15 is 0 Å². The highest BCUT2D eigenvalue weighted by Crippen LogP contribution is 2.28. The van der Waals surface area contributed by atoms with Crippen molar-refractivity contribution in [1.82, 2.24) is 10.2 Å². The Kier molecular flexibility index (Phi) is 4.72. The van der Waals surface area contributed by atoms with Crippen LogP contribution in [0.4, 0.5) is 8.78 Å². The molecule has 2 heterocycles. The third-order valence-corrected chi connectivity index (χ3v) is 3.42. The van der Waals surface area contributed by atoms with E-state index in [1.54, 1.807) is 4.90 Å². The Morgan fingerprint density at radius 1 is 1.47 bits per heavy atom. The normalized spacial score (nSPS) is 33.1. The van der Waals surface area contributed by atoms with Crippen molar-refractivity contribution in [1.29, 1.82) is 0 Å². The molecule has 0 aromatic rings. The summed E-state index contributed by atoms with van der Waals surface area (Å²) in [6, 6.07) is -0.334. The monoisotopic (exact) mass is 268 g/mol. The number of hydrogen-bond donors (Lipinski definition) is 1. The first-order valence-electron chi connectivity index (χ1n) is 5.86. The minimum absolute atomic E-state index is 0. The van der Waals surface area contributed by atoms with Crippen LogP contribution in [0.1, 0.15) is 26.2 Å². The molecule has 0 aromatic heterocycles. The molecule has 17 heavy (non-hydrogen) atoms. The van der Waals surface area contributed by atoms with Gasteiger partial charge in [0.1, 0.15) is 0 Å². The van der Waals surface area contributed by atoms with Crippen molar-refractivity contribution in [3.63, 3.8) is 0 Å². The number of carbonyl (C=O) groups is 1. The lowest BCUT2D eigenvalue weighted by Crippen LogP contribution is -2.57. The fourth-order valence-electron chi connectivity index (χ4n) is 2.53. The average molecular weight is 269 g/mol. The van der Waals surface area contributed by atoms with Crippen LogP contribution < -0.4 is 5.32 Å². The first kappa shape index (κ1) is 14.6. The summed E-state index contributed by atoms with van der Waals surface area (Å²) in [5.41, 5.74) is 0. The molecule has 0 spiro atoms. The van der Waals surface area contributed by atoms with Gasteiger partial charge in [-0.3, -0.25) is 4.79 Å². The molecule has 2 atom stereocenters. The maximum atomic E-state index is 13.2. The molecule has 2 aliphatic heterocycles. The third kappa shape index (κ3) is 3.52. The van der Waals surface area contributed by atoms with Gasteiger partial charge in [-0.05, 0) is 12.3 Å². The minimum Gasteiger partial charge on any atom is -0.338 e. The summed E-state index contributed by atoms with van der Waals surface area (Å²) in [7, 11) is 0. The van der Waals surface area contributed by atoms with Gasteiger partial charge in [-0.1, -0.05) is 6.92 Å². The van der Waals surface area contributed by atoms with Crippen molar-refractivity contribution in [3.05, 3.63) is 0 Å². The molecule has 0 aliphatic carbocycles. The van der Waals surface area contributed by atoms with Gasteiger partial charge >= 0.3 is 0 Å². The van der Waals surface area contributed by atoms with Crippen molar-refractivity contribution in [3.8, 4) is 0 Å². The second-order valence-corrected chi connectivity index (χ2v) is 5.03. The summed E-state index contributed by atoms with van der Waals surface area (Å²) in [6.45, 7) is 2.92. The second-order valence-electron chi connectivity index (χ2n) is 5.03. The van der Waals surface area contributed by atoms with Gasteiger partial charge in [0.05, 0.1) is 6.54 Å². The third-order valence-electron chi connectivity index (χ3n) is 3.42. The molecule has 1 N–H and O–H groups in total. The first-order chi connectivity index (χ1) is 7.48. The maximum absolute atomic E-state index is 13.2. The Hall–Kier alpha value is -0.420. The zero-order valence-electron chi connectivity index (χ0n) is 9.92. The Morgan fingerprint density at radius 2 is 2.18 bits per heavy atom. The SMILES string of the molecule is CC1CCC(=O)N([C@H]2CNCC(F)(F)C2)C1.Cl. The van der Waals surface area contributed by atoms with Crippen molar-refractivity contribution >= 4 is 18.3 Å². The molecule has 0 aromatic carbocycles. The molecule has 2 saturated heterocycles. The summed E-state index contributed by atoms with van der Waals surface area (Å²) < 4.78 is 26.5. The molecule has 3 nitrogen and oxygen atoms in total. The number of alkyl halides is 2. The van der Waals surface area contributed by atoms with E-state index < -0.39 is 5.92 Å². The van der Waals surface area contributed by atoms with E-state index in [2.05, 4.69) is 12.2 Å². The Bertz CT molecular complexity index is 289. The lowest BCUT2D eigenvalue weighted by atomic mass is 9.95. The molecular weight excluding hydrogens is 250 g/mol. The van der Waals surface area contributed by atoms with E-state index in [9.17, 15) is 13.6 Å². The highest BCUT2D eigenvalue weighted by Gasteiger charge is 2.40. The molecule has 2 rings (SSSR count). The Labute approximate surface area is 106 Å². The molecule has 0 saturated carbocycles. The predicted octanol–water partition coefficient (Wildman–Crippen LogP) is 1.66. The van der Waals surface area contributed by atoms with Crippen molar-refractivity contribution in [2.24, 2.45) is 5.92 Å². The summed E-state index contributed by atoms with van der Waals surface area (Å²) in [4.78, 5) is 13.4. The number of piperidine rings is 2. The lowest BCUT2D eigenvalue weighted by Gasteiger charge is -2.41. The highest BCUT2D eigenvalue weighted by atomic mass is 35.5. The summed E-state index contributed by atoms with van der Waals surface area (Å²) in [6.07, 6.45) is 1.19. The van der Waals surface area contributed by atoms with Crippen LogP contribution in [0.3, 0.4) is 0 Å². The molecule has 2 aliphatic rings. The van der Waals surface area contributed by atoms with Gasteiger partial charge in [0.2, 0.25) is 5.91 Å². The van der Waals surface area contributed by atoms with Gasteiger partial charge in [0, 0.05) is 32.0 Å². The zero-order valence-corrected chi connectivity index (χ0v) is 10.7. The molecular formula is C11H19ClF2N2O. The van der Waals surface area contributed by atoms with E-state index in [-0.39, 0.29) is 37.3 Å². The predicted molar refractivity (Wildman–Crippen MR) is 63.6 cm³/mol. The number of rotatable bonds is 1. The second kappa shape index (κ2) is 5.48. The van der Waals surface area contributed by atoms with Gasteiger partial charge in [-0.2, -0.15) is 0 Å². The lowest BCUT2D eigenvalue weighted by molar-refractivity contribution is -0.141. The van der Waals surface area contributed by atoms with Crippen molar-refractivity contribution in [2.45, 2.75) is 38.2 Å². The number of hydrogen-bond acceptors (Lipinski definition) is 2. The summed E-state index contributed by atoms with van der Waals surface area (Å²) in [5, 5.41) is 2.71. The molecule has 0 bridgehead atoms. The van der Waals surface area contributed by atoms with Gasteiger partial charge < -0.3 is 10.2 Å². The van der Waals surface area contributed by atoms with Gasteiger partial charge in [0.15, 0.2) is 0 Å². The first-order valence-corrected chi connectivity index (χ1v) is 5.86. The van der Waals surface area contributed by atoms with E-state index in [4.69, 9.17) is 0 Å². The topological polar surface area (TPSA) is 32.3 Å². The molecule has 1 amide bonds. The van der Waals surface area contributed by atoms with Crippen molar-refractivity contribution in [2.75, 3.05) is 19.6 Å². The fourth-order valence-corrected chi connectivity index (χ4v) is 2.53. The van der Waals surface area contributed by atoms with Crippen LogP contribution in [0.15, 0.2) is 0 Å². The Balaban J connectivity index is 0.00000144. The quantitative estimate of drug-likeness (QED) is 0.785. The van der Waals surface area contributed by atoms with Crippen molar-refractivity contribution < 1.29 is 13.6 Å². The van der Waals surface area contributed by atoms with Crippen LogP contribution in [-0.4, -0.2) is 42.4 Å². The number of carbonyl (C=O) groups excluding carboxylic acids is 1. The molecule has 1 unspecified atom stereocenters. The Morgan fingerprint density at radius 3 is 2.82 bits per heavy atom. The van der Waals surface area contributed by atoms with Crippen LogP contribution >= 0.6 is 12.4 Å². The smallest absolute Gasteiger partial charge is 0.262 e. The maximum Gasteiger partial charge on any atom is 0.262 e. The molecule has 100 valence electrons. The summed E-state index contributed by atoms with van der Waals surface area (Å²) >= 11 is 0. The standard InChI is InChI=1S/C11H18F2N2O.ClH/c1-8-2-3-10(16)15(6-8)9-4-11(12,13)7-14-5-9;/h8-9,14H,2-7H2,1H3;1H/t8?,9-;/m1./s1. The van der Waals surface area contributed by atoms with Gasteiger partial charge in [-0.25, -0.2) is 8.78 Å². The van der Waals surface area contributed by atoms with Crippen LogP contribution in [-0.2, 0) is 4.79 Å². The summed E-state index contributed by atoms with van der Waals surface area (Å²) in [5.74, 6) is -2.22. The number of halogens is 3. The van der Waals surface area contributed by atoms with Crippen LogP contribution in [0.5, 0.6) is 0 Å². The van der Waals surface area contributed by atoms with Gasteiger partial charge in [-0.15, -0.1) is 12.4 Å². The van der Waals surface area contributed by atoms with Crippen LogP contribution in [0.2, 0.25) is 0 Å². The average Bonchev–Trinajstić information content (AvgIpc) is 2.20. The number of amides is 1. The molecule has 6 heteroatoms. The van der Waals surface area contributed by atoms with E-state index in [0.29, 0.717) is 25.4 Å². The molecule has 2 fully saturated rings. The van der Waals surface area contributed by atoms with E-state index in [1.165, 1.54) is 0 Å². The zero-order chi connectivity index (χ0) is 11.8. The number of nitrogens with one attached hydrogen (secondary N) is 1. The number of likely N-dealkylation sites (tertiary alicyclic amines) is 1. The fraction of sp³-hybridized carbons (Fsp3) is 0.909. The van der Waals surface area contributed by atoms with Crippen LogP contribution in [0.25, 0.3) is 0 Å². The van der Waals surface area contributed by atoms with E-state index in [0.717, 1.165) is 6.42 Å².